The van der Waals surface area contributed by atoms with Crippen molar-refractivity contribution in [3.63, 3.8) is 0 Å². The third-order valence-electron chi connectivity index (χ3n) is 6.59. The third kappa shape index (κ3) is 8.77. The van der Waals surface area contributed by atoms with Crippen LogP contribution in [0.25, 0.3) is 0 Å². The second-order valence-corrected chi connectivity index (χ2v) is 13.4. The molecule has 2 amide bonds. The van der Waals surface area contributed by atoms with Crippen molar-refractivity contribution in [2.75, 3.05) is 17.4 Å². The fourth-order valence-corrected chi connectivity index (χ4v) is 6.69. The quantitative estimate of drug-likeness (QED) is 0.190. The number of unbranched alkanes of at least 4 members (excludes halogenated alkanes) is 1. The minimum atomic E-state index is -4.27. The lowest BCUT2D eigenvalue weighted by atomic mass is 10.1. The molecular weight excluding hydrogens is 640 g/mol. The van der Waals surface area contributed by atoms with Gasteiger partial charge in [0.1, 0.15) is 12.6 Å². The highest BCUT2D eigenvalue weighted by atomic mass is 35.5. The van der Waals surface area contributed by atoms with Crippen LogP contribution >= 0.6 is 46.4 Å². The monoisotopic (exact) mass is 671 g/mol. The Labute approximate surface area is 267 Å². The lowest BCUT2D eigenvalue weighted by molar-refractivity contribution is -0.140. The van der Waals surface area contributed by atoms with Gasteiger partial charge in [-0.2, -0.15) is 0 Å². The number of rotatable bonds is 13. The summed E-state index contributed by atoms with van der Waals surface area (Å²) in [6.45, 7) is 5.40. The Kier molecular flexibility index (Phi) is 12.4. The summed E-state index contributed by atoms with van der Waals surface area (Å²) in [5.41, 5.74) is 1.52. The first-order valence-electron chi connectivity index (χ1n) is 13.4. The molecule has 226 valence electrons. The predicted molar refractivity (Wildman–Crippen MR) is 171 cm³/mol. The van der Waals surface area contributed by atoms with Gasteiger partial charge < -0.3 is 10.2 Å². The number of carbonyl (C=O) groups is 2. The highest BCUT2D eigenvalue weighted by Crippen LogP contribution is 2.31. The summed E-state index contributed by atoms with van der Waals surface area (Å²) >= 11 is 25.0. The second kappa shape index (κ2) is 15.3. The van der Waals surface area contributed by atoms with Crippen molar-refractivity contribution < 1.29 is 18.0 Å². The molecule has 1 atom stereocenters. The molecule has 0 aliphatic rings. The normalized spacial score (nSPS) is 12.1. The molecule has 0 saturated carbocycles. The predicted octanol–water partition coefficient (Wildman–Crippen LogP) is 7.53. The number of amides is 2. The Bertz CT molecular complexity index is 1500. The topological polar surface area (TPSA) is 86.8 Å². The summed E-state index contributed by atoms with van der Waals surface area (Å²) in [6.07, 6.45) is 1.94. The molecule has 0 saturated heterocycles. The number of carbonyl (C=O) groups excluding carboxylic acids is 2. The van der Waals surface area contributed by atoms with E-state index in [-0.39, 0.29) is 39.5 Å². The molecule has 0 aliphatic heterocycles. The number of halogens is 4. The number of hydrogen-bond donors (Lipinski definition) is 1. The Morgan fingerprint density at radius 2 is 1.52 bits per heavy atom. The molecule has 0 aliphatic carbocycles. The van der Waals surface area contributed by atoms with Gasteiger partial charge >= 0.3 is 0 Å². The van der Waals surface area contributed by atoms with Crippen LogP contribution in [0.15, 0.2) is 65.6 Å². The molecule has 0 fully saturated rings. The van der Waals surface area contributed by atoms with Crippen molar-refractivity contribution in [3.05, 3.63) is 91.9 Å². The largest absolute Gasteiger partial charge is 0.354 e. The summed E-state index contributed by atoms with van der Waals surface area (Å²) in [5, 5.41) is 4.01. The lowest BCUT2D eigenvalue weighted by Gasteiger charge is -2.33. The molecule has 1 N–H and O–H groups in total. The number of aryl methyl sites for hydroxylation is 1. The van der Waals surface area contributed by atoms with Crippen LogP contribution in [0, 0.1) is 6.92 Å². The Morgan fingerprint density at radius 3 is 2.10 bits per heavy atom. The fraction of sp³-hybridized carbons (Fsp3) is 0.333. The lowest BCUT2D eigenvalue weighted by Crippen LogP contribution is -2.52. The van der Waals surface area contributed by atoms with Gasteiger partial charge in [-0.3, -0.25) is 13.9 Å². The number of nitrogens with zero attached hydrogens (tertiary/aromatic N) is 2. The molecule has 0 aromatic heterocycles. The minimum Gasteiger partial charge on any atom is -0.354 e. The van der Waals surface area contributed by atoms with Crippen molar-refractivity contribution in [2.45, 2.75) is 57.5 Å². The average Bonchev–Trinajstić information content (AvgIpc) is 2.92. The minimum absolute atomic E-state index is 0.0198. The van der Waals surface area contributed by atoms with Gasteiger partial charge in [0, 0.05) is 33.2 Å². The number of nitrogens with one attached hydrogen (secondary N) is 1. The molecule has 3 aromatic rings. The van der Waals surface area contributed by atoms with Crippen LogP contribution in [0.5, 0.6) is 0 Å². The van der Waals surface area contributed by atoms with E-state index in [0.717, 1.165) is 22.7 Å². The van der Waals surface area contributed by atoms with E-state index in [1.807, 2.05) is 13.8 Å². The number of sulfonamides is 1. The first-order chi connectivity index (χ1) is 19.9. The van der Waals surface area contributed by atoms with E-state index < -0.39 is 28.5 Å². The molecule has 3 aromatic carbocycles. The molecule has 0 spiro atoms. The molecule has 0 heterocycles. The molecule has 0 radical (unpaired) electrons. The standard InChI is InChI=1S/C30H33Cl4N3O4S/c1-4-6-13-35-30(39)28(5-2)36(18-21-9-10-22(31)17-27(21)34)29(38)19-37(25-15-23(32)14-24(33)16-25)42(40,41)26-11-7-20(3)8-12-26/h7-12,14-17,28H,4-6,13,18-19H2,1-3H3,(H,35,39). The molecule has 12 heteroatoms. The second-order valence-electron chi connectivity index (χ2n) is 9.78. The van der Waals surface area contributed by atoms with Gasteiger partial charge in [0.15, 0.2) is 0 Å². The zero-order chi connectivity index (χ0) is 31.0. The van der Waals surface area contributed by atoms with Gasteiger partial charge in [-0.05, 0) is 67.8 Å². The van der Waals surface area contributed by atoms with Gasteiger partial charge in [-0.25, -0.2) is 8.42 Å². The van der Waals surface area contributed by atoms with E-state index >= 15 is 0 Å². The van der Waals surface area contributed by atoms with Gasteiger partial charge in [0.05, 0.1) is 10.6 Å². The first-order valence-corrected chi connectivity index (χ1v) is 16.4. The van der Waals surface area contributed by atoms with Crippen LogP contribution < -0.4 is 9.62 Å². The van der Waals surface area contributed by atoms with Crippen molar-refractivity contribution in [1.29, 1.82) is 0 Å². The molecule has 7 nitrogen and oxygen atoms in total. The van der Waals surface area contributed by atoms with Gasteiger partial charge in [-0.15, -0.1) is 0 Å². The zero-order valence-corrected chi connectivity index (χ0v) is 27.4. The summed E-state index contributed by atoms with van der Waals surface area (Å²) in [5.74, 6) is -0.964. The Hall–Kier alpha value is -2.49. The van der Waals surface area contributed by atoms with E-state index in [2.05, 4.69) is 5.32 Å². The first kappa shape index (κ1) is 34.0. The van der Waals surface area contributed by atoms with Crippen LogP contribution in [-0.4, -0.2) is 44.3 Å². The van der Waals surface area contributed by atoms with E-state index in [0.29, 0.717) is 22.2 Å². The molecule has 3 rings (SSSR count). The Balaban J connectivity index is 2.09. The SMILES string of the molecule is CCCCNC(=O)C(CC)N(Cc1ccc(Cl)cc1Cl)C(=O)CN(c1cc(Cl)cc(Cl)c1)S(=O)(=O)c1ccc(C)cc1. The number of benzene rings is 3. The smallest absolute Gasteiger partial charge is 0.264 e. The van der Waals surface area contributed by atoms with Gasteiger partial charge in [0.25, 0.3) is 10.0 Å². The van der Waals surface area contributed by atoms with Crippen LogP contribution in [0.4, 0.5) is 5.69 Å². The number of hydrogen-bond acceptors (Lipinski definition) is 4. The molecule has 42 heavy (non-hydrogen) atoms. The fourth-order valence-electron chi connectivity index (χ4n) is 4.31. The van der Waals surface area contributed by atoms with E-state index in [4.69, 9.17) is 46.4 Å². The maximum Gasteiger partial charge on any atom is 0.264 e. The van der Waals surface area contributed by atoms with Crippen molar-refractivity contribution in [2.24, 2.45) is 0 Å². The molecule has 1 unspecified atom stereocenters. The average molecular weight is 673 g/mol. The van der Waals surface area contributed by atoms with Gasteiger partial charge in [0.2, 0.25) is 11.8 Å². The van der Waals surface area contributed by atoms with Crippen LogP contribution in [-0.2, 0) is 26.2 Å². The van der Waals surface area contributed by atoms with Gasteiger partial charge in [-0.1, -0.05) is 90.4 Å². The van der Waals surface area contributed by atoms with Crippen LogP contribution in [0.2, 0.25) is 20.1 Å². The number of anilines is 1. The maximum absolute atomic E-state index is 14.2. The summed E-state index contributed by atoms with van der Waals surface area (Å²) in [6, 6.07) is 14.5. The highest BCUT2D eigenvalue weighted by Gasteiger charge is 2.34. The molecule has 0 bridgehead atoms. The Morgan fingerprint density at radius 1 is 0.881 bits per heavy atom. The maximum atomic E-state index is 14.2. The summed E-state index contributed by atoms with van der Waals surface area (Å²) in [7, 11) is -4.27. The third-order valence-corrected chi connectivity index (χ3v) is 9.41. The van der Waals surface area contributed by atoms with Crippen molar-refractivity contribution in [3.8, 4) is 0 Å². The van der Waals surface area contributed by atoms with Crippen molar-refractivity contribution in [1.82, 2.24) is 10.2 Å². The summed E-state index contributed by atoms with van der Waals surface area (Å²) < 4.78 is 28.9. The van der Waals surface area contributed by atoms with E-state index in [9.17, 15) is 18.0 Å². The van der Waals surface area contributed by atoms with Crippen LogP contribution in [0.1, 0.15) is 44.2 Å². The zero-order valence-electron chi connectivity index (χ0n) is 23.5. The van der Waals surface area contributed by atoms with E-state index in [1.165, 1.54) is 35.2 Å². The molecular formula is C30H33Cl4N3O4S. The highest BCUT2D eigenvalue weighted by molar-refractivity contribution is 7.92. The van der Waals surface area contributed by atoms with E-state index in [1.54, 1.807) is 37.3 Å². The van der Waals surface area contributed by atoms with Crippen molar-refractivity contribution >= 4 is 73.9 Å². The van der Waals surface area contributed by atoms with Crippen LogP contribution in [0.3, 0.4) is 0 Å². The summed E-state index contributed by atoms with van der Waals surface area (Å²) in [4.78, 5) is 28.8.